The number of H-pyrrole nitrogens is 1. The molecule has 4 heteroatoms. The summed E-state index contributed by atoms with van der Waals surface area (Å²) in [6.45, 7) is 11.6. The Bertz CT molecular complexity index is 265. The molecule has 0 spiro atoms. The summed E-state index contributed by atoms with van der Waals surface area (Å²) >= 11 is 0. The van der Waals surface area contributed by atoms with E-state index in [1.807, 2.05) is 13.1 Å². The minimum atomic E-state index is 0.877. The van der Waals surface area contributed by atoms with E-state index in [1.54, 1.807) is 0 Å². The van der Waals surface area contributed by atoms with Gasteiger partial charge in [-0.25, -0.2) is 4.98 Å². The minimum absolute atomic E-state index is 0.877. The van der Waals surface area contributed by atoms with Gasteiger partial charge in [0.25, 0.3) is 0 Å². The Morgan fingerprint density at radius 3 is 2.67 bits per heavy atom. The molecule has 15 heavy (non-hydrogen) atoms. The van der Waals surface area contributed by atoms with E-state index >= 15 is 0 Å². The molecule has 1 aromatic heterocycles. The predicted octanol–water partition coefficient (Wildman–Crippen LogP) is 1.15. The van der Waals surface area contributed by atoms with Gasteiger partial charge < -0.3 is 15.2 Å². The molecule has 1 aromatic rings. The first-order valence-corrected chi connectivity index (χ1v) is 5.69. The highest BCUT2D eigenvalue weighted by molar-refractivity contribution is 4.99. The summed E-state index contributed by atoms with van der Waals surface area (Å²) in [6.07, 6.45) is 1.89. The number of nitrogens with zero attached hydrogens (tertiary/aromatic N) is 2. The van der Waals surface area contributed by atoms with Crippen molar-refractivity contribution in [2.75, 3.05) is 26.2 Å². The van der Waals surface area contributed by atoms with E-state index in [2.05, 4.69) is 34.0 Å². The average molecular weight is 210 g/mol. The number of aromatic nitrogens is 2. The zero-order valence-electron chi connectivity index (χ0n) is 10.0. The van der Waals surface area contributed by atoms with Crippen LogP contribution in [0.25, 0.3) is 0 Å². The second-order valence-corrected chi connectivity index (χ2v) is 3.70. The normalized spacial score (nSPS) is 11.2. The molecule has 4 nitrogen and oxygen atoms in total. The second-order valence-electron chi connectivity index (χ2n) is 3.70. The number of nitrogens with one attached hydrogen (secondary N) is 2. The van der Waals surface area contributed by atoms with Gasteiger partial charge in [-0.05, 0) is 20.0 Å². The second kappa shape index (κ2) is 6.58. The van der Waals surface area contributed by atoms with E-state index in [4.69, 9.17) is 0 Å². The minimum Gasteiger partial charge on any atom is -0.345 e. The third kappa shape index (κ3) is 4.44. The molecule has 0 bridgehead atoms. The molecule has 0 aliphatic heterocycles. The van der Waals surface area contributed by atoms with Gasteiger partial charge >= 0.3 is 0 Å². The van der Waals surface area contributed by atoms with Crippen LogP contribution in [0.15, 0.2) is 6.20 Å². The quantitative estimate of drug-likeness (QED) is 0.664. The summed E-state index contributed by atoms with van der Waals surface area (Å²) < 4.78 is 0. The molecule has 0 saturated heterocycles. The van der Waals surface area contributed by atoms with Crippen LogP contribution in [0.4, 0.5) is 0 Å². The van der Waals surface area contributed by atoms with Gasteiger partial charge in [-0.2, -0.15) is 0 Å². The Morgan fingerprint density at radius 1 is 1.40 bits per heavy atom. The van der Waals surface area contributed by atoms with Gasteiger partial charge in [0.1, 0.15) is 5.82 Å². The van der Waals surface area contributed by atoms with Crippen LogP contribution in [0.2, 0.25) is 0 Å². The molecule has 1 heterocycles. The van der Waals surface area contributed by atoms with Crippen LogP contribution in [0.1, 0.15) is 25.4 Å². The molecule has 2 N–H and O–H groups in total. The zero-order valence-corrected chi connectivity index (χ0v) is 10.0. The Hall–Kier alpha value is -0.870. The molecule has 0 aliphatic rings. The molecule has 0 aromatic carbocycles. The van der Waals surface area contributed by atoms with Gasteiger partial charge in [0.05, 0.1) is 0 Å². The summed E-state index contributed by atoms with van der Waals surface area (Å²) in [5.74, 6) is 0.982. The van der Waals surface area contributed by atoms with Crippen LogP contribution in [0.5, 0.6) is 0 Å². The van der Waals surface area contributed by atoms with E-state index in [0.29, 0.717) is 0 Å². The van der Waals surface area contributed by atoms with E-state index in [9.17, 15) is 0 Å². The Morgan fingerprint density at radius 2 is 2.13 bits per heavy atom. The topological polar surface area (TPSA) is 44.0 Å². The third-order valence-electron chi connectivity index (χ3n) is 2.57. The lowest BCUT2D eigenvalue weighted by molar-refractivity contribution is 0.302. The maximum Gasteiger partial charge on any atom is 0.103 e. The summed E-state index contributed by atoms with van der Waals surface area (Å²) in [4.78, 5) is 9.77. The SMILES string of the molecule is CCN(CC)CCNCc1cnc(C)[nH]1. The molecular formula is C11H22N4. The van der Waals surface area contributed by atoms with Gasteiger partial charge in [0.15, 0.2) is 0 Å². The maximum atomic E-state index is 4.16. The monoisotopic (exact) mass is 210 g/mol. The van der Waals surface area contributed by atoms with Crippen molar-refractivity contribution in [2.24, 2.45) is 0 Å². The number of rotatable bonds is 7. The van der Waals surface area contributed by atoms with Crippen molar-refractivity contribution in [3.63, 3.8) is 0 Å². The summed E-state index contributed by atoms with van der Waals surface area (Å²) in [5, 5.41) is 3.40. The lowest BCUT2D eigenvalue weighted by Gasteiger charge is -2.17. The number of aromatic amines is 1. The van der Waals surface area contributed by atoms with Gasteiger partial charge in [-0.3, -0.25) is 0 Å². The van der Waals surface area contributed by atoms with Crippen LogP contribution >= 0.6 is 0 Å². The predicted molar refractivity (Wildman–Crippen MR) is 62.8 cm³/mol. The van der Waals surface area contributed by atoms with Crippen molar-refractivity contribution in [3.8, 4) is 0 Å². The standard InChI is InChI=1S/C11H22N4/c1-4-15(5-2)7-6-12-8-11-9-13-10(3)14-11/h9,12H,4-8H2,1-3H3,(H,13,14). The Labute approximate surface area is 92.1 Å². The maximum absolute atomic E-state index is 4.16. The fourth-order valence-electron chi connectivity index (χ4n) is 1.56. The molecule has 0 aliphatic carbocycles. The number of hydrogen-bond acceptors (Lipinski definition) is 3. The number of aryl methyl sites for hydroxylation is 1. The highest BCUT2D eigenvalue weighted by Gasteiger charge is 1.99. The molecule has 0 atom stereocenters. The first kappa shape index (κ1) is 12.2. The van der Waals surface area contributed by atoms with E-state index in [0.717, 1.165) is 44.2 Å². The molecular weight excluding hydrogens is 188 g/mol. The van der Waals surface area contributed by atoms with Crippen molar-refractivity contribution in [1.29, 1.82) is 0 Å². The molecule has 86 valence electrons. The van der Waals surface area contributed by atoms with Crippen LogP contribution < -0.4 is 5.32 Å². The Balaban J connectivity index is 2.11. The summed E-state index contributed by atoms with van der Waals surface area (Å²) in [6, 6.07) is 0. The van der Waals surface area contributed by atoms with Crippen LogP contribution in [-0.2, 0) is 6.54 Å². The largest absolute Gasteiger partial charge is 0.345 e. The highest BCUT2D eigenvalue weighted by atomic mass is 15.1. The molecule has 0 unspecified atom stereocenters. The molecule has 0 radical (unpaired) electrons. The van der Waals surface area contributed by atoms with Gasteiger partial charge in [0, 0.05) is 31.5 Å². The van der Waals surface area contributed by atoms with E-state index < -0.39 is 0 Å². The fraction of sp³-hybridized carbons (Fsp3) is 0.727. The number of hydrogen-bond donors (Lipinski definition) is 2. The van der Waals surface area contributed by atoms with Gasteiger partial charge in [-0.15, -0.1) is 0 Å². The fourth-order valence-corrected chi connectivity index (χ4v) is 1.56. The van der Waals surface area contributed by atoms with Crippen molar-refractivity contribution < 1.29 is 0 Å². The van der Waals surface area contributed by atoms with Crippen LogP contribution in [-0.4, -0.2) is 41.0 Å². The molecule has 0 fully saturated rings. The first-order valence-electron chi connectivity index (χ1n) is 5.69. The highest BCUT2D eigenvalue weighted by Crippen LogP contribution is 1.94. The molecule has 1 rings (SSSR count). The van der Waals surface area contributed by atoms with Crippen molar-refractivity contribution in [1.82, 2.24) is 20.2 Å². The average Bonchev–Trinajstić information content (AvgIpc) is 2.65. The molecule has 0 saturated carbocycles. The van der Waals surface area contributed by atoms with Crippen LogP contribution in [0, 0.1) is 6.92 Å². The van der Waals surface area contributed by atoms with Crippen molar-refractivity contribution in [3.05, 3.63) is 17.7 Å². The lowest BCUT2D eigenvalue weighted by Crippen LogP contribution is -2.31. The zero-order chi connectivity index (χ0) is 11.1. The Kier molecular flexibility index (Phi) is 5.36. The van der Waals surface area contributed by atoms with Crippen molar-refractivity contribution in [2.45, 2.75) is 27.3 Å². The van der Waals surface area contributed by atoms with Crippen LogP contribution in [0.3, 0.4) is 0 Å². The van der Waals surface area contributed by atoms with E-state index in [1.165, 1.54) is 0 Å². The third-order valence-corrected chi connectivity index (χ3v) is 2.57. The molecule has 0 amide bonds. The summed E-state index contributed by atoms with van der Waals surface area (Å²) in [5.41, 5.74) is 1.16. The first-order chi connectivity index (χ1) is 7.26. The van der Waals surface area contributed by atoms with Gasteiger partial charge in [0.2, 0.25) is 0 Å². The lowest BCUT2D eigenvalue weighted by atomic mass is 10.4. The number of likely N-dealkylation sites (N-methyl/N-ethyl adjacent to an activating group) is 1. The van der Waals surface area contributed by atoms with Crippen molar-refractivity contribution >= 4 is 0 Å². The smallest absolute Gasteiger partial charge is 0.103 e. The number of imidazole rings is 1. The van der Waals surface area contributed by atoms with Gasteiger partial charge in [-0.1, -0.05) is 13.8 Å². The van der Waals surface area contributed by atoms with E-state index in [-0.39, 0.29) is 0 Å². The summed E-state index contributed by atoms with van der Waals surface area (Å²) in [7, 11) is 0.